The van der Waals surface area contributed by atoms with Gasteiger partial charge in [-0.3, -0.25) is 0 Å². The first-order valence-corrected chi connectivity index (χ1v) is 7.53. The van der Waals surface area contributed by atoms with E-state index in [1.165, 1.54) is 6.42 Å². The highest BCUT2D eigenvalue weighted by atomic mass is 16.4. The zero-order valence-electron chi connectivity index (χ0n) is 13.0. The first-order valence-electron chi connectivity index (χ1n) is 7.53. The highest BCUT2D eigenvalue weighted by Gasteiger charge is 2.33. The van der Waals surface area contributed by atoms with Gasteiger partial charge in [0.15, 0.2) is 0 Å². The number of hydrogen-bond donors (Lipinski definition) is 3. The summed E-state index contributed by atoms with van der Waals surface area (Å²) >= 11 is 0. The normalized spacial score (nSPS) is 24.8. The van der Waals surface area contributed by atoms with Crippen LogP contribution in [0.25, 0.3) is 0 Å². The summed E-state index contributed by atoms with van der Waals surface area (Å²) < 4.78 is 0. The first-order chi connectivity index (χ1) is 9.24. The van der Waals surface area contributed by atoms with Crippen molar-refractivity contribution in [1.29, 1.82) is 0 Å². The number of carboxylic acid groups (broad SMARTS) is 1. The summed E-state index contributed by atoms with van der Waals surface area (Å²) in [6.45, 7) is 7.59. The van der Waals surface area contributed by atoms with Crippen molar-refractivity contribution in [3.05, 3.63) is 0 Å². The maximum Gasteiger partial charge on any atom is 0.326 e. The number of rotatable bonds is 4. The summed E-state index contributed by atoms with van der Waals surface area (Å²) in [6.07, 6.45) is 5.48. The van der Waals surface area contributed by atoms with E-state index < -0.39 is 17.4 Å². The summed E-state index contributed by atoms with van der Waals surface area (Å²) in [4.78, 5) is 23.2. The van der Waals surface area contributed by atoms with Gasteiger partial charge in [-0.25, -0.2) is 9.59 Å². The molecule has 0 aromatic carbocycles. The minimum atomic E-state index is -0.997. The smallest absolute Gasteiger partial charge is 0.326 e. The molecule has 0 radical (unpaired) electrons. The van der Waals surface area contributed by atoms with E-state index in [9.17, 15) is 14.7 Å². The van der Waals surface area contributed by atoms with Gasteiger partial charge in [-0.05, 0) is 24.2 Å². The summed E-state index contributed by atoms with van der Waals surface area (Å²) in [5.41, 5.74) is -0.512. The maximum absolute atomic E-state index is 12.0. The second-order valence-corrected chi connectivity index (χ2v) is 6.89. The molecule has 3 N–H and O–H groups in total. The van der Waals surface area contributed by atoms with Crippen LogP contribution in [0.5, 0.6) is 0 Å². The number of carbonyl (C=O) groups is 2. The van der Waals surface area contributed by atoms with Gasteiger partial charge in [-0.1, -0.05) is 47.0 Å². The maximum atomic E-state index is 12.0. The van der Waals surface area contributed by atoms with Crippen molar-refractivity contribution in [2.24, 2.45) is 11.3 Å². The lowest BCUT2D eigenvalue weighted by Gasteiger charge is -2.31. The van der Waals surface area contributed by atoms with E-state index >= 15 is 0 Å². The Morgan fingerprint density at radius 1 is 1.30 bits per heavy atom. The van der Waals surface area contributed by atoms with Gasteiger partial charge >= 0.3 is 12.0 Å². The molecule has 5 nitrogen and oxygen atoms in total. The number of nitrogens with one attached hydrogen (secondary N) is 2. The fourth-order valence-corrected chi connectivity index (χ4v) is 2.80. The van der Waals surface area contributed by atoms with Crippen LogP contribution in [0, 0.1) is 11.3 Å². The minimum absolute atomic E-state index is 0.170. The Labute approximate surface area is 121 Å². The Morgan fingerprint density at radius 2 is 1.95 bits per heavy atom. The first kappa shape index (κ1) is 16.8. The third kappa shape index (κ3) is 5.02. The number of hydrogen-bond acceptors (Lipinski definition) is 2. The zero-order valence-corrected chi connectivity index (χ0v) is 13.0. The molecule has 0 aromatic rings. The number of carboxylic acids is 1. The lowest BCUT2D eigenvalue weighted by molar-refractivity contribution is -0.141. The fraction of sp³-hybridized carbons (Fsp3) is 0.867. The number of carbonyl (C=O) groups excluding carboxylic acids is 1. The molecule has 116 valence electrons. The van der Waals surface area contributed by atoms with E-state index in [1.807, 2.05) is 0 Å². The lowest BCUT2D eigenvalue weighted by atomic mass is 9.84. The summed E-state index contributed by atoms with van der Waals surface area (Å²) in [5, 5.41) is 14.7. The van der Waals surface area contributed by atoms with Crippen LogP contribution in [0.1, 0.15) is 59.8 Å². The van der Waals surface area contributed by atoms with Crippen molar-refractivity contribution in [3.8, 4) is 0 Å². The van der Waals surface area contributed by atoms with Gasteiger partial charge in [0.05, 0.1) is 0 Å². The molecular formula is C15H28N2O3. The molecule has 1 saturated carbocycles. The quantitative estimate of drug-likeness (QED) is 0.742. The second kappa shape index (κ2) is 6.95. The monoisotopic (exact) mass is 284 g/mol. The van der Waals surface area contributed by atoms with Gasteiger partial charge in [-0.2, -0.15) is 0 Å². The average molecular weight is 284 g/mol. The molecule has 0 heterocycles. The van der Waals surface area contributed by atoms with E-state index in [0.717, 1.165) is 25.7 Å². The molecule has 20 heavy (non-hydrogen) atoms. The summed E-state index contributed by atoms with van der Waals surface area (Å²) in [5.74, 6) is -0.324. The van der Waals surface area contributed by atoms with E-state index in [1.54, 1.807) is 20.8 Å². The molecule has 0 spiro atoms. The van der Waals surface area contributed by atoms with Gasteiger partial charge in [0.25, 0.3) is 0 Å². The molecule has 0 saturated heterocycles. The van der Waals surface area contributed by atoms with E-state index in [0.29, 0.717) is 5.92 Å². The Balaban J connectivity index is 2.52. The molecule has 1 fully saturated rings. The van der Waals surface area contributed by atoms with Crippen LogP contribution in [0.15, 0.2) is 0 Å². The summed E-state index contributed by atoms with van der Waals surface area (Å²) in [7, 11) is 0. The van der Waals surface area contributed by atoms with Gasteiger partial charge in [0.2, 0.25) is 0 Å². The molecule has 2 unspecified atom stereocenters. The number of urea groups is 1. The van der Waals surface area contributed by atoms with Crippen molar-refractivity contribution in [3.63, 3.8) is 0 Å². The minimum Gasteiger partial charge on any atom is -0.480 e. The Kier molecular flexibility index (Phi) is 5.84. The lowest BCUT2D eigenvalue weighted by Crippen LogP contribution is -2.54. The third-order valence-electron chi connectivity index (χ3n) is 4.08. The summed E-state index contributed by atoms with van der Waals surface area (Å²) in [6, 6.07) is -1.08. The number of aliphatic carboxylic acids is 1. The van der Waals surface area contributed by atoms with Gasteiger partial charge < -0.3 is 15.7 Å². The molecule has 2 amide bonds. The molecular weight excluding hydrogens is 256 g/mol. The molecule has 5 heteroatoms. The van der Waals surface area contributed by atoms with Crippen LogP contribution < -0.4 is 10.6 Å². The standard InChI is InChI=1S/C15H28N2O3/c1-5-10-7-6-8-11(9-10)16-14(20)17-12(13(18)19)15(2,3)4/h10-12H,5-9H2,1-4H3,(H,18,19)(H2,16,17,20)/t10?,11?,12-/m1/s1. The Morgan fingerprint density at radius 3 is 2.45 bits per heavy atom. The van der Waals surface area contributed by atoms with Gasteiger partial charge in [0.1, 0.15) is 6.04 Å². The molecule has 0 aliphatic heterocycles. The van der Waals surface area contributed by atoms with Crippen LogP contribution in [-0.2, 0) is 4.79 Å². The largest absolute Gasteiger partial charge is 0.480 e. The zero-order chi connectivity index (χ0) is 15.3. The van der Waals surface area contributed by atoms with Crippen molar-refractivity contribution >= 4 is 12.0 Å². The molecule has 3 atom stereocenters. The molecule has 1 rings (SSSR count). The highest BCUT2D eigenvalue weighted by molar-refractivity contribution is 5.83. The highest BCUT2D eigenvalue weighted by Crippen LogP contribution is 2.26. The molecule has 1 aliphatic carbocycles. The Bertz CT molecular complexity index is 350. The van der Waals surface area contributed by atoms with E-state index in [-0.39, 0.29) is 12.1 Å². The fourth-order valence-electron chi connectivity index (χ4n) is 2.80. The second-order valence-electron chi connectivity index (χ2n) is 6.89. The predicted molar refractivity (Wildman–Crippen MR) is 78.6 cm³/mol. The molecule has 0 aromatic heterocycles. The molecule has 1 aliphatic rings. The van der Waals surface area contributed by atoms with Crippen molar-refractivity contribution < 1.29 is 14.7 Å². The van der Waals surface area contributed by atoms with Gasteiger partial charge in [0, 0.05) is 6.04 Å². The average Bonchev–Trinajstić information content (AvgIpc) is 2.34. The van der Waals surface area contributed by atoms with Crippen molar-refractivity contribution in [2.75, 3.05) is 0 Å². The van der Waals surface area contributed by atoms with Crippen LogP contribution in [0.2, 0.25) is 0 Å². The third-order valence-corrected chi connectivity index (χ3v) is 4.08. The van der Waals surface area contributed by atoms with Crippen molar-refractivity contribution in [2.45, 2.75) is 71.9 Å². The van der Waals surface area contributed by atoms with Crippen LogP contribution in [0.3, 0.4) is 0 Å². The van der Waals surface area contributed by atoms with E-state index in [4.69, 9.17) is 0 Å². The number of amides is 2. The van der Waals surface area contributed by atoms with E-state index in [2.05, 4.69) is 17.6 Å². The predicted octanol–water partition coefficient (Wildman–Crippen LogP) is 2.75. The SMILES string of the molecule is CCC1CCCC(NC(=O)N[C@H](C(=O)O)C(C)(C)C)C1. The van der Waals surface area contributed by atoms with Crippen LogP contribution >= 0.6 is 0 Å². The topological polar surface area (TPSA) is 78.4 Å². The molecule has 0 bridgehead atoms. The van der Waals surface area contributed by atoms with Crippen LogP contribution in [0.4, 0.5) is 4.79 Å². The van der Waals surface area contributed by atoms with Crippen molar-refractivity contribution in [1.82, 2.24) is 10.6 Å². The Hall–Kier alpha value is -1.26. The van der Waals surface area contributed by atoms with Crippen LogP contribution in [-0.4, -0.2) is 29.2 Å². The van der Waals surface area contributed by atoms with Gasteiger partial charge in [-0.15, -0.1) is 0 Å².